The Morgan fingerprint density at radius 2 is 1.72 bits per heavy atom. The average molecular weight is 816 g/mol. The highest BCUT2D eigenvalue weighted by Gasteiger charge is 2.62. The molecule has 0 spiro atoms. The Bertz CT molecular complexity index is 2180. The van der Waals surface area contributed by atoms with Crippen LogP contribution in [0.15, 0.2) is 67.3 Å². The number of rotatable bonds is 13. The third kappa shape index (κ3) is 8.64. The monoisotopic (exact) mass is 815 g/mol. The second-order valence-corrected chi connectivity index (χ2v) is 18.9. The fourth-order valence-corrected chi connectivity index (χ4v) is 9.88. The molecular formula is C43H53N5O9S. The quantitative estimate of drug-likeness (QED) is 0.189. The van der Waals surface area contributed by atoms with Gasteiger partial charge in [-0.05, 0) is 70.9 Å². The number of hydrogen-bond acceptors (Lipinski definition) is 10. The molecule has 1 aromatic heterocycles. The minimum Gasteiger partial charge on any atom is -0.497 e. The molecule has 4 fully saturated rings. The van der Waals surface area contributed by atoms with Crippen molar-refractivity contribution in [3.63, 3.8) is 0 Å². The topological polar surface area (TPSA) is 182 Å². The molecule has 3 aliphatic carbocycles. The Balaban J connectivity index is 1.21. The summed E-state index contributed by atoms with van der Waals surface area (Å²) in [6.07, 6.45) is 5.10. The molecule has 3 saturated carbocycles. The molecule has 4 amide bonds. The number of likely N-dealkylation sites (tertiary alicyclic amines) is 1. The van der Waals surface area contributed by atoms with Crippen LogP contribution in [-0.4, -0.2) is 90.3 Å². The van der Waals surface area contributed by atoms with Crippen LogP contribution in [0, 0.1) is 11.8 Å². The highest BCUT2D eigenvalue weighted by molar-refractivity contribution is 7.90. The number of methoxy groups -OCH3 is 1. The molecule has 2 unspecified atom stereocenters. The standard InChI is InChI=1S/C43H53N5O9S/c1-6-28-24-43(28,40(51)47-58(53,54)31-17-12-18-31)46-38(49)35-22-30(25-48(35)39(50)37(27-15-10-11-16-27)45-41(52)57-42(2,3)4)56-36-23-33(26-13-8-7-9-14-26)44-34-21-29(55-5)19-20-32(34)36/h6-9,13-14,19-21,23,27-28,30-31,35,37H,1,10-12,15-18,22,24-25H2,2-5H3,(H,45,52)(H,46,49)(H,47,51)/t28?,30-,35+,37+,43?/m1/s1. The maximum absolute atomic E-state index is 14.8. The van der Waals surface area contributed by atoms with E-state index in [0.29, 0.717) is 53.8 Å². The largest absolute Gasteiger partial charge is 0.497 e. The van der Waals surface area contributed by atoms with E-state index >= 15 is 0 Å². The van der Waals surface area contributed by atoms with Crippen LogP contribution in [0.4, 0.5) is 4.79 Å². The van der Waals surface area contributed by atoms with Crippen LogP contribution in [0.3, 0.4) is 0 Å². The van der Waals surface area contributed by atoms with E-state index < -0.39 is 74.3 Å². The summed E-state index contributed by atoms with van der Waals surface area (Å²) in [6, 6.07) is 14.8. The highest BCUT2D eigenvalue weighted by Crippen LogP contribution is 2.46. The second kappa shape index (κ2) is 16.2. The number of ether oxygens (including phenoxy) is 3. The van der Waals surface area contributed by atoms with Crippen molar-refractivity contribution >= 4 is 44.7 Å². The van der Waals surface area contributed by atoms with Gasteiger partial charge in [-0.3, -0.25) is 19.1 Å². The average Bonchev–Trinajstić information content (AvgIpc) is 3.43. The third-order valence-corrected chi connectivity index (χ3v) is 13.6. The van der Waals surface area contributed by atoms with Crippen molar-refractivity contribution in [2.75, 3.05) is 13.7 Å². The molecule has 310 valence electrons. The SMILES string of the molecule is C=CC1CC1(NC(=O)[C@@H]1C[C@@H](Oc2cc(-c3ccccc3)nc3cc(OC)ccc23)CN1C(=O)[C@@H](NC(=O)OC(C)(C)C)C1CCCC1)C(=O)NS(=O)(=O)C1CCC1. The summed E-state index contributed by atoms with van der Waals surface area (Å²) in [4.78, 5) is 62.6. The number of carbonyl (C=O) groups is 4. The number of alkyl carbamates (subject to hydrolysis) is 1. The van der Waals surface area contributed by atoms with Crippen molar-refractivity contribution in [1.82, 2.24) is 25.2 Å². The number of sulfonamides is 1. The van der Waals surface area contributed by atoms with Crippen LogP contribution in [0.2, 0.25) is 0 Å². The van der Waals surface area contributed by atoms with Crippen molar-refractivity contribution in [3.05, 3.63) is 67.3 Å². The van der Waals surface area contributed by atoms with E-state index in [-0.39, 0.29) is 25.3 Å². The van der Waals surface area contributed by atoms with Crippen LogP contribution in [-0.2, 0) is 29.1 Å². The number of nitrogens with zero attached hydrogens (tertiary/aromatic N) is 2. The first-order chi connectivity index (χ1) is 27.6. The van der Waals surface area contributed by atoms with Gasteiger partial charge in [-0.25, -0.2) is 18.2 Å². The normalized spacial score (nSPS) is 24.0. The molecule has 0 radical (unpaired) electrons. The number of hydrogen-bond donors (Lipinski definition) is 3. The van der Waals surface area contributed by atoms with Crippen LogP contribution in [0.25, 0.3) is 22.2 Å². The summed E-state index contributed by atoms with van der Waals surface area (Å²) in [5, 5.41) is 5.72. The molecule has 5 atom stereocenters. The van der Waals surface area contributed by atoms with Crippen molar-refractivity contribution in [3.8, 4) is 22.8 Å². The minimum absolute atomic E-state index is 0.0169. The van der Waals surface area contributed by atoms with Crippen LogP contribution < -0.4 is 24.8 Å². The van der Waals surface area contributed by atoms with Gasteiger partial charge >= 0.3 is 6.09 Å². The lowest BCUT2D eigenvalue weighted by molar-refractivity contribution is -0.142. The molecule has 1 saturated heterocycles. The molecule has 4 aliphatic rings. The van der Waals surface area contributed by atoms with E-state index in [4.69, 9.17) is 19.2 Å². The molecular weight excluding hydrogens is 763 g/mol. The van der Waals surface area contributed by atoms with Crippen LogP contribution in [0.1, 0.15) is 78.6 Å². The molecule has 0 bridgehead atoms. The Hall–Kier alpha value is -5.18. The summed E-state index contributed by atoms with van der Waals surface area (Å²) in [6.45, 7) is 9.02. The first-order valence-electron chi connectivity index (χ1n) is 20.1. The van der Waals surface area contributed by atoms with E-state index in [2.05, 4.69) is 21.9 Å². The van der Waals surface area contributed by atoms with E-state index in [9.17, 15) is 27.6 Å². The number of carbonyl (C=O) groups excluding carboxylic acids is 4. The minimum atomic E-state index is -3.95. The van der Waals surface area contributed by atoms with Gasteiger partial charge in [0.05, 0.1) is 30.1 Å². The molecule has 15 heteroatoms. The Morgan fingerprint density at radius 3 is 2.34 bits per heavy atom. The zero-order valence-electron chi connectivity index (χ0n) is 33.5. The summed E-state index contributed by atoms with van der Waals surface area (Å²) in [5.74, 6) is -1.57. The van der Waals surface area contributed by atoms with Crippen molar-refractivity contribution in [2.45, 2.75) is 113 Å². The van der Waals surface area contributed by atoms with E-state index in [1.165, 1.54) is 11.0 Å². The Kier molecular flexibility index (Phi) is 11.5. The third-order valence-electron chi connectivity index (χ3n) is 11.8. The van der Waals surface area contributed by atoms with Gasteiger partial charge in [-0.2, -0.15) is 0 Å². The number of nitrogens with one attached hydrogen (secondary N) is 3. The maximum atomic E-state index is 14.8. The van der Waals surface area contributed by atoms with E-state index in [0.717, 1.165) is 24.8 Å². The molecule has 3 N–H and O–H groups in total. The predicted molar refractivity (Wildman–Crippen MR) is 217 cm³/mol. The molecule has 1 aliphatic heterocycles. The van der Waals surface area contributed by atoms with Crippen molar-refractivity contribution in [1.29, 1.82) is 0 Å². The first kappa shape index (κ1) is 41.0. The summed E-state index contributed by atoms with van der Waals surface area (Å²) in [5.41, 5.74) is -0.255. The lowest BCUT2D eigenvalue weighted by atomic mass is 9.96. The summed E-state index contributed by atoms with van der Waals surface area (Å²) < 4.78 is 46.1. The van der Waals surface area contributed by atoms with Gasteiger partial charge in [0, 0.05) is 35.4 Å². The van der Waals surface area contributed by atoms with Gasteiger partial charge in [0.1, 0.15) is 40.8 Å². The molecule has 7 rings (SSSR count). The molecule has 3 aromatic rings. The number of amides is 4. The second-order valence-electron chi connectivity index (χ2n) is 16.9. The van der Waals surface area contributed by atoms with E-state index in [1.54, 1.807) is 33.9 Å². The predicted octanol–water partition coefficient (Wildman–Crippen LogP) is 5.40. The van der Waals surface area contributed by atoms with Gasteiger partial charge in [0.25, 0.3) is 5.91 Å². The van der Waals surface area contributed by atoms with Crippen molar-refractivity contribution < 1.29 is 41.8 Å². The smallest absolute Gasteiger partial charge is 0.408 e. The highest BCUT2D eigenvalue weighted by atomic mass is 32.2. The van der Waals surface area contributed by atoms with Gasteiger partial charge < -0.3 is 29.7 Å². The lowest BCUT2D eigenvalue weighted by Crippen LogP contribution is -2.59. The number of pyridine rings is 1. The summed E-state index contributed by atoms with van der Waals surface area (Å²) >= 11 is 0. The lowest BCUT2D eigenvalue weighted by Gasteiger charge is -2.32. The number of aromatic nitrogens is 1. The molecule has 14 nitrogen and oxygen atoms in total. The Morgan fingerprint density at radius 1 is 1.00 bits per heavy atom. The molecule has 2 aromatic carbocycles. The van der Waals surface area contributed by atoms with Crippen molar-refractivity contribution in [2.24, 2.45) is 11.8 Å². The fourth-order valence-electron chi connectivity index (χ4n) is 8.32. The Labute approximate surface area is 339 Å². The number of fused-ring (bicyclic) bond motifs is 1. The van der Waals surface area contributed by atoms with Gasteiger partial charge in [-0.15, -0.1) is 6.58 Å². The van der Waals surface area contributed by atoms with E-state index in [1.807, 2.05) is 48.5 Å². The van der Waals surface area contributed by atoms with Gasteiger partial charge in [0.15, 0.2) is 0 Å². The maximum Gasteiger partial charge on any atom is 0.408 e. The zero-order chi connectivity index (χ0) is 41.4. The van der Waals surface area contributed by atoms with Crippen LogP contribution in [0.5, 0.6) is 11.5 Å². The number of benzene rings is 2. The molecule has 2 heterocycles. The van der Waals surface area contributed by atoms with Gasteiger partial charge in [0.2, 0.25) is 21.8 Å². The molecule has 58 heavy (non-hydrogen) atoms. The fraction of sp³-hybridized carbons (Fsp3) is 0.512. The van der Waals surface area contributed by atoms with Gasteiger partial charge in [-0.1, -0.05) is 55.7 Å². The summed E-state index contributed by atoms with van der Waals surface area (Å²) in [7, 11) is -2.37. The zero-order valence-corrected chi connectivity index (χ0v) is 34.3. The van der Waals surface area contributed by atoms with Crippen LogP contribution >= 0.6 is 0 Å². The first-order valence-corrected chi connectivity index (χ1v) is 21.7.